The van der Waals surface area contributed by atoms with Gasteiger partial charge in [-0.15, -0.1) is 0 Å². The summed E-state index contributed by atoms with van der Waals surface area (Å²) >= 11 is 0. The molecule has 1 aromatic heterocycles. The molecular formula is C20H27F5N2O4S. The summed E-state index contributed by atoms with van der Waals surface area (Å²) in [4.78, 5) is 15.8. The highest BCUT2D eigenvalue weighted by molar-refractivity contribution is 7.90. The first-order valence-corrected chi connectivity index (χ1v) is 11.6. The number of hydrogen-bond acceptors (Lipinski definition) is 4. The predicted octanol–water partition coefficient (Wildman–Crippen LogP) is 4.22. The van der Waals surface area contributed by atoms with Gasteiger partial charge in [-0.05, 0) is 36.3 Å². The summed E-state index contributed by atoms with van der Waals surface area (Å²) in [5.41, 5.74) is -0.173. The molecule has 2 rings (SSSR count). The number of nitrogens with zero attached hydrogens (tertiary/aromatic N) is 2. The maximum absolute atomic E-state index is 13.1. The predicted molar refractivity (Wildman–Crippen MR) is 107 cm³/mol. The number of sulfonamides is 1. The first-order chi connectivity index (χ1) is 14.5. The van der Waals surface area contributed by atoms with E-state index in [1.807, 2.05) is 0 Å². The van der Waals surface area contributed by atoms with Crippen LogP contribution in [0.3, 0.4) is 0 Å². The standard InChI is InChI=1S/C20H27F5N2O4S/c1-18(2,3)16(17(28)29)32(30,31)27-10-7-14(8-11-27)15-5-4-13(12-26-15)6-9-19(21,22)20(23,24)25/h4-5,12,14,16H,6-11H2,1-3H3,(H,28,29). The number of carboxylic acids is 1. The fraction of sp³-hybridized carbons (Fsp3) is 0.700. The van der Waals surface area contributed by atoms with Gasteiger partial charge in [0.25, 0.3) is 0 Å². The van der Waals surface area contributed by atoms with Crippen molar-refractivity contribution < 1.29 is 40.3 Å². The lowest BCUT2D eigenvalue weighted by atomic mass is 9.92. The van der Waals surface area contributed by atoms with Gasteiger partial charge in [-0.2, -0.15) is 22.0 Å². The first-order valence-electron chi connectivity index (χ1n) is 10.1. The van der Waals surface area contributed by atoms with Gasteiger partial charge in [0.1, 0.15) is 0 Å². The molecular weight excluding hydrogens is 459 g/mol. The van der Waals surface area contributed by atoms with E-state index in [0.29, 0.717) is 18.5 Å². The molecule has 0 radical (unpaired) electrons. The average Bonchev–Trinajstić information content (AvgIpc) is 2.64. The summed E-state index contributed by atoms with van der Waals surface area (Å²) in [6.07, 6.45) is -5.43. The minimum absolute atomic E-state index is 0.105. The van der Waals surface area contributed by atoms with Crippen LogP contribution in [0.15, 0.2) is 18.3 Å². The van der Waals surface area contributed by atoms with Crippen molar-refractivity contribution in [3.63, 3.8) is 0 Å². The van der Waals surface area contributed by atoms with Crippen LogP contribution in [0.25, 0.3) is 0 Å². The molecule has 12 heteroatoms. The number of aliphatic carboxylic acids is 1. The summed E-state index contributed by atoms with van der Waals surface area (Å²) in [6, 6.07) is 2.99. The third-order valence-electron chi connectivity index (χ3n) is 5.53. The second-order valence-electron chi connectivity index (χ2n) is 9.10. The van der Waals surface area contributed by atoms with Gasteiger partial charge in [0, 0.05) is 37.3 Å². The number of carboxylic acid groups (broad SMARTS) is 1. The molecule has 0 bridgehead atoms. The van der Waals surface area contributed by atoms with Gasteiger partial charge in [0.05, 0.1) is 0 Å². The van der Waals surface area contributed by atoms with Gasteiger partial charge >= 0.3 is 18.1 Å². The van der Waals surface area contributed by atoms with Crippen LogP contribution in [-0.4, -0.2) is 59.2 Å². The number of aromatic nitrogens is 1. The first kappa shape index (κ1) is 26.4. The number of hydrogen-bond donors (Lipinski definition) is 1. The normalized spacial score (nSPS) is 18.5. The van der Waals surface area contributed by atoms with Crippen molar-refractivity contribution in [3.8, 4) is 0 Å². The second-order valence-corrected chi connectivity index (χ2v) is 11.1. The summed E-state index contributed by atoms with van der Waals surface area (Å²) in [7, 11) is -4.08. The van der Waals surface area contributed by atoms with E-state index in [2.05, 4.69) is 4.98 Å². The van der Waals surface area contributed by atoms with Crippen molar-refractivity contribution in [2.24, 2.45) is 5.41 Å². The SMILES string of the molecule is CC(C)(C)C(C(=O)O)S(=O)(=O)N1CCC(c2ccc(CCC(F)(F)C(F)(F)F)cn2)CC1. The molecule has 2 heterocycles. The minimum atomic E-state index is -5.60. The van der Waals surface area contributed by atoms with Crippen LogP contribution in [0.2, 0.25) is 0 Å². The van der Waals surface area contributed by atoms with E-state index in [4.69, 9.17) is 0 Å². The Kier molecular flexibility index (Phi) is 7.60. The maximum Gasteiger partial charge on any atom is 0.453 e. The van der Waals surface area contributed by atoms with Gasteiger partial charge in [0.15, 0.2) is 5.25 Å². The maximum atomic E-state index is 13.1. The van der Waals surface area contributed by atoms with Crippen molar-refractivity contribution in [1.82, 2.24) is 9.29 Å². The number of rotatable bonds is 7. The molecule has 1 aromatic rings. The topological polar surface area (TPSA) is 87.6 Å². The molecule has 0 aliphatic carbocycles. The molecule has 182 valence electrons. The Morgan fingerprint density at radius 3 is 2.12 bits per heavy atom. The Labute approximate surface area is 183 Å². The molecule has 1 fully saturated rings. The Hall–Kier alpha value is -1.82. The van der Waals surface area contributed by atoms with Crippen LogP contribution in [-0.2, 0) is 21.2 Å². The van der Waals surface area contributed by atoms with Crippen LogP contribution < -0.4 is 0 Å². The molecule has 0 amide bonds. The van der Waals surface area contributed by atoms with E-state index in [9.17, 15) is 40.3 Å². The number of piperidine rings is 1. The number of aryl methyl sites for hydroxylation is 1. The van der Waals surface area contributed by atoms with E-state index in [0.717, 1.165) is 0 Å². The van der Waals surface area contributed by atoms with Crippen LogP contribution in [0.4, 0.5) is 22.0 Å². The summed E-state index contributed by atoms with van der Waals surface area (Å²) in [6.45, 7) is 4.85. The minimum Gasteiger partial charge on any atom is -0.480 e. The monoisotopic (exact) mass is 486 g/mol. The van der Waals surface area contributed by atoms with Gasteiger partial charge < -0.3 is 5.11 Å². The van der Waals surface area contributed by atoms with Crippen LogP contribution in [0.1, 0.15) is 57.2 Å². The van der Waals surface area contributed by atoms with Gasteiger partial charge in [0.2, 0.25) is 10.0 Å². The fourth-order valence-corrected chi connectivity index (χ4v) is 5.93. The molecule has 0 spiro atoms. The molecule has 1 N–H and O–H groups in total. The van der Waals surface area contributed by atoms with Gasteiger partial charge in [-0.1, -0.05) is 26.8 Å². The van der Waals surface area contributed by atoms with E-state index >= 15 is 0 Å². The Bertz CT molecular complexity index is 903. The molecule has 32 heavy (non-hydrogen) atoms. The molecule has 1 unspecified atom stereocenters. The zero-order chi connectivity index (χ0) is 24.5. The highest BCUT2D eigenvalue weighted by atomic mass is 32.2. The lowest BCUT2D eigenvalue weighted by molar-refractivity contribution is -0.284. The molecule has 0 saturated carbocycles. The van der Waals surface area contributed by atoms with Crippen molar-refractivity contribution in [1.29, 1.82) is 0 Å². The highest BCUT2D eigenvalue weighted by Crippen LogP contribution is 2.39. The van der Waals surface area contributed by atoms with Crippen molar-refractivity contribution >= 4 is 16.0 Å². The zero-order valence-corrected chi connectivity index (χ0v) is 18.8. The molecule has 1 aliphatic rings. The van der Waals surface area contributed by atoms with E-state index in [1.54, 1.807) is 26.8 Å². The quantitative estimate of drug-likeness (QED) is 0.583. The number of halogens is 5. The van der Waals surface area contributed by atoms with Crippen molar-refractivity contribution in [2.75, 3.05) is 13.1 Å². The van der Waals surface area contributed by atoms with E-state index in [-0.39, 0.29) is 24.6 Å². The smallest absolute Gasteiger partial charge is 0.453 e. The molecule has 0 aromatic carbocycles. The largest absolute Gasteiger partial charge is 0.480 e. The van der Waals surface area contributed by atoms with Crippen molar-refractivity contribution in [3.05, 3.63) is 29.6 Å². The van der Waals surface area contributed by atoms with Gasteiger partial charge in [-0.3, -0.25) is 9.78 Å². The molecule has 1 saturated heterocycles. The Morgan fingerprint density at radius 1 is 1.16 bits per heavy atom. The van der Waals surface area contributed by atoms with Gasteiger partial charge in [-0.25, -0.2) is 12.7 Å². The molecule has 6 nitrogen and oxygen atoms in total. The number of carbonyl (C=O) groups is 1. The van der Waals surface area contributed by atoms with E-state index < -0.39 is 51.6 Å². The van der Waals surface area contributed by atoms with E-state index in [1.165, 1.54) is 16.6 Å². The van der Waals surface area contributed by atoms with Crippen LogP contribution >= 0.6 is 0 Å². The Morgan fingerprint density at radius 2 is 1.72 bits per heavy atom. The zero-order valence-electron chi connectivity index (χ0n) is 18.0. The molecule has 1 aliphatic heterocycles. The number of pyridine rings is 1. The van der Waals surface area contributed by atoms with Crippen LogP contribution in [0.5, 0.6) is 0 Å². The lowest BCUT2D eigenvalue weighted by Crippen LogP contribution is -2.51. The number of alkyl halides is 5. The van der Waals surface area contributed by atoms with Crippen LogP contribution in [0, 0.1) is 5.41 Å². The highest BCUT2D eigenvalue weighted by Gasteiger charge is 2.56. The summed E-state index contributed by atoms with van der Waals surface area (Å²) in [5, 5.41) is 7.86. The van der Waals surface area contributed by atoms with Crippen molar-refractivity contribution in [2.45, 2.75) is 69.7 Å². The third kappa shape index (κ3) is 5.94. The Balaban J connectivity index is 2.01. The fourth-order valence-electron chi connectivity index (χ4n) is 3.77. The average molecular weight is 487 g/mol. The molecule has 1 atom stereocenters. The lowest BCUT2D eigenvalue weighted by Gasteiger charge is -2.36. The summed E-state index contributed by atoms with van der Waals surface area (Å²) in [5.74, 6) is -6.32. The second kappa shape index (κ2) is 9.20. The summed E-state index contributed by atoms with van der Waals surface area (Å²) < 4.78 is 89.9. The third-order valence-corrected chi connectivity index (χ3v) is 8.12.